The van der Waals surface area contributed by atoms with E-state index in [0.29, 0.717) is 23.5 Å². The van der Waals surface area contributed by atoms with Gasteiger partial charge >= 0.3 is 5.69 Å². The number of carbonyl (C=O) groups excluding carboxylic acids is 1. The summed E-state index contributed by atoms with van der Waals surface area (Å²) in [7, 11) is 0. The fourth-order valence-corrected chi connectivity index (χ4v) is 3.46. The lowest BCUT2D eigenvalue weighted by atomic mass is 10.0. The molecule has 0 radical (unpaired) electrons. The molecule has 1 atom stereocenters. The van der Waals surface area contributed by atoms with Gasteiger partial charge in [0.15, 0.2) is 5.16 Å². The number of hydrogen-bond donors (Lipinski definition) is 1. The van der Waals surface area contributed by atoms with Gasteiger partial charge in [0.1, 0.15) is 0 Å². The Hall–Kier alpha value is -1.24. The highest BCUT2D eigenvalue weighted by Gasteiger charge is 2.23. The van der Waals surface area contributed by atoms with Crippen LogP contribution in [0.5, 0.6) is 0 Å². The van der Waals surface area contributed by atoms with Crippen LogP contribution >= 0.6 is 11.8 Å². The summed E-state index contributed by atoms with van der Waals surface area (Å²) >= 11 is 1.35. The minimum absolute atomic E-state index is 0.143. The number of H-pyrrole nitrogens is 1. The lowest BCUT2D eigenvalue weighted by molar-refractivity contribution is -0.131. The molecule has 2 heterocycles. The van der Waals surface area contributed by atoms with Crippen LogP contribution in [0.2, 0.25) is 0 Å². The third-order valence-electron chi connectivity index (χ3n) is 3.91. The normalized spacial score (nSPS) is 19.0. The van der Waals surface area contributed by atoms with E-state index in [9.17, 15) is 9.59 Å². The molecule has 2 rings (SSSR count). The van der Waals surface area contributed by atoms with E-state index < -0.39 is 0 Å². The van der Waals surface area contributed by atoms with Crippen LogP contribution in [0.25, 0.3) is 0 Å². The molecule has 1 aliphatic heterocycles. The summed E-state index contributed by atoms with van der Waals surface area (Å²) in [5.74, 6) is 0.491. The first-order valence-electron chi connectivity index (χ1n) is 7.71. The molecular weight excluding hydrogens is 288 g/mol. The van der Waals surface area contributed by atoms with E-state index in [-0.39, 0.29) is 11.6 Å². The van der Waals surface area contributed by atoms with Crippen molar-refractivity contribution in [3.63, 3.8) is 0 Å². The molecule has 1 fully saturated rings. The van der Waals surface area contributed by atoms with Gasteiger partial charge in [0.25, 0.3) is 0 Å². The van der Waals surface area contributed by atoms with Crippen LogP contribution in [0.4, 0.5) is 0 Å². The monoisotopic (exact) mass is 312 g/mol. The predicted molar refractivity (Wildman–Crippen MR) is 83.5 cm³/mol. The Morgan fingerprint density at radius 1 is 1.48 bits per heavy atom. The Kier molecular flexibility index (Phi) is 5.90. The van der Waals surface area contributed by atoms with Gasteiger partial charge in [-0.1, -0.05) is 25.1 Å². The maximum Gasteiger partial charge on any atom is 0.343 e. The Morgan fingerprint density at radius 2 is 2.29 bits per heavy atom. The highest BCUT2D eigenvalue weighted by molar-refractivity contribution is 7.99. The number of rotatable bonds is 6. The second-order valence-corrected chi connectivity index (χ2v) is 6.48. The molecule has 1 saturated heterocycles. The van der Waals surface area contributed by atoms with Crippen LogP contribution in [-0.4, -0.2) is 43.9 Å². The first-order valence-corrected chi connectivity index (χ1v) is 8.69. The quantitative estimate of drug-likeness (QED) is 0.814. The molecule has 0 spiro atoms. The van der Waals surface area contributed by atoms with Crippen LogP contribution < -0.4 is 5.69 Å². The molecule has 1 amide bonds. The van der Waals surface area contributed by atoms with Gasteiger partial charge in [-0.05, 0) is 32.6 Å². The Morgan fingerprint density at radius 3 is 3.00 bits per heavy atom. The van der Waals surface area contributed by atoms with Crippen molar-refractivity contribution in [2.45, 2.75) is 63.7 Å². The van der Waals surface area contributed by atoms with Crippen LogP contribution in [-0.2, 0) is 11.3 Å². The van der Waals surface area contributed by atoms with Crippen molar-refractivity contribution >= 4 is 17.7 Å². The van der Waals surface area contributed by atoms with Crippen molar-refractivity contribution < 1.29 is 4.79 Å². The first kappa shape index (κ1) is 16.1. The van der Waals surface area contributed by atoms with Crippen molar-refractivity contribution in [1.82, 2.24) is 19.7 Å². The minimum atomic E-state index is -0.190. The molecule has 1 N–H and O–H groups in total. The Bertz CT molecular complexity index is 525. The van der Waals surface area contributed by atoms with Gasteiger partial charge in [-0.15, -0.1) is 5.10 Å². The summed E-state index contributed by atoms with van der Waals surface area (Å²) in [6.45, 7) is 5.69. The predicted octanol–water partition coefficient (Wildman–Crippen LogP) is 1.86. The lowest BCUT2D eigenvalue weighted by Crippen LogP contribution is -2.43. The van der Waals surface area contributed by atoms with Gasteiger partial charge in [0, 0.05) is 19.1 Å². The zero-order valence-corrected chi connectivity index (χ0v) is 13.6. The molecular formula is C14H24N4O2S. The van der Waals surface area contributed by atoms with Crippen LogP contribution in [0, 0.1) is 0 Å². The van der Waals surface area contributed by atoms with Crippen LogP contribution in [0.3, 0.4) is 0 Å². The number of nitrogens with one attached hydrogen (secondary N) is 1. The van der Waals surface area contributed by atoms with Crippen molar-refractivity contribution in [3.05, 3.63) is 10.5 Å². The third-order valence-corrected chi connectivity index (χ3v) is 4.87. The van der Waals surface area contributed by atoms with E-state index in [0.717, 1.165) is 32.2 Å². The minimum Gasteiger partial charge on any atom is -0.339 e. The van der Waals surface area contributed by atoms with E-state index in [4.69, 9.17) is 0 Å². The van der Waals surface area contributed by atoms with Gasteiger partial charge in [-0.25, -0.2) is 9.89 Å². The summed E-state index contributed by atoms with van der Waals surface area (Å²) in [6.07, 6.45) is 5.33. The van der Waals surface area contributed by atoms with Crippen molar-refractivity contribution in [1.29, 1.82) is 0 Å². The van der Waals surface area contributed by atoms with Gasteiger partial charge in [0.05, 0.1) is 5.75 Å². The van der Waals surface area contributed by atoms with E-state index >= 15 is 0 Å². The fraction of sp³-hybridized carbons (Fsp3) is 0.786. The molecule has 1 aliphatic rings. The average Bonchev–Trinajstić information content (AvgIpc) is 2.83. The average molecular weight is 312 g/mol. The van der Waals surface area contributed by atoms with Gasteiger partial charge < -0.3 is 4.90 Å². The Labute approximate surface area is 129 Å². The van der Waals surface area contributed by atoms with Gasteiger partial charge in [0.2, 0.25) is 5.91 Å². The number of aromatic amines is 1. The number of amides is 1. The molecule has 0 bridgehead atoms. The smallest absolute Gasteiger partial charge is 0.339 e. The number of carbonyl (C=O) groups is 1. The fourth-order valence-electron chi connectivity index (χ4n) is 2.60. The maximum absolute atomic E-state index is 12.3. The number of unbranched alkanes of at least 4 members (excludes halogenated alkanes) is 1. The molecule has 1 aromatic heterocycles. The zero-order valence-electron chi connectivity index (χ0n) is 12.8. The molecule has 21 heavy (non-hydrogen) atoms. The van der Waals surface area contributed by atoms with Crippen molar-refractivity contribution in [2.75, 3.05) is 12.3 Å². The summed E-state index contributed by atoms with van der Waals surface area (Å²) in [5.41, 5.74) is -0.190. The third kappa shape index (κ3) is 4.12. The second-order valence-electron chi connectivity index (χ2n) is 5.54. The molecule has 118 valence electrons. The molecule has 0 aromatic carbocycles. The van der Waals surface area contributed by atoms with E-state index in [1.165, 1.54) is 18.2 Å². The largest absolute Gasteiger partial charge is 0.343 e. The topological polar surface area (TPSA) is 71.0 Å². The van der Waals surface area contributed by atoms with Crippen LogP contribution in [0.1, 0.15) is 46.0 Å². The summed E-state index contributed by atoms with van der Waals surface area (Å²) < 4.78 is 1.63. The second kappa shape index (κ2) is 7.68. The summed E-state index contributed by atoms with van der Waals surface area (Å²) in [6, 6.07) is 0.327. The van der Waals surface area contributed by atoms with Gasteiger partial charge in [-0.3, -0.25) is 9.36 Å². The summed E-state index contributed by atoms with van der Waals surface area (Å²) in [5, 5.41) is 7.11. The lowest BCUT2D eigenvalue weighted by Gasteiger charge is -2.33. The maximum atomic E-state index is 12.3. The SMILES string of the molecule is CCCCn1c(SCC(=O)N2CCCCC2C)n[nH]c1=O. The molecule has 7 heteroatoms. The number of thioether (sulfide) groups is 1. The van der Waals surface area contributed by atoms with E-state index in [1.54, 1.807) is 4.57 Å². The van der Waals surface area contributed by atoms with E-state index in [2.05, 4.69) is 24.0 Å². The zero-order chi connectivity index (χ0) is 15.2. The highest BCUT2D eigenvalue weighted by atomic mass is 32.2. The van der Waals surface area contributed by atoms with E-state index in [1.807, 2.05) is 4.90 Å². The molecule has 1 aromatic rings. The first-order chi connectivity index (χ1) is 10.1. The van der Waals surface area contributed by atoms with Crippen LogP contribution in [0.15, 0.2) is 9.95 Å². The molecule has 0 saturated carbocycles. The number of nitrogens with zero attached hydrogens (tertiary/aromatic N) is 3. The Balaban J connectivity index is 1.93. The number of hydrogen-bond acceptors (Lipinski definition) is 4. The van der Waals surface area contributed by atoms with Gasteiger partial charge in [-0.2, -0.15) is 0 Å². The summed E-state index contributed by atoms with van der Waals surface area (Å²) in [4.78, 5) is 25.9. The van der Waals surface area contributed by atoms with Crippen molar-refractivity contribution in [3.8, 4) is 0 Å². The molecule has 0 aliphatic carbocycles. The molecule has 1 unspecified atom stereocenters. The number of likely N-dealkylation sites (tertiary alicyclic amines) is 1. The number of aromatic nitrogens is 3. The standard InChI is InChI=1S/C14H24N4O2S/c1-3-4-8-18-13(20)15-16-14(18)21-10-12(19)17-9-6-5-7-11(17)2/h11H,3-10H2,1-2H3,(H,15,20). The number of piperidine rings is 1. The molecule has 6 nitrogen and oxygen atoms in total. The highest BCUT2D eigenvalue weighted by Crippen LogP contribution is 2.20. The van der Waals surface area contributed by atoms with Crippen molar-refractivity contribution in [2.24, 2.45) is 0 Å².